The molecule has 3 atom stereocenters. The number of fused-ring (bicyclic) bond motifs is 1. The first-order valence-electron chi connectivity index (χ1n) is 3.61. The first-order valence-corrected chi connectivity index (χ1v) is 3.61. The zero-order valence-corrected chi connectivity index (χ0v) is 5.62. The van der Waals surface area contributed by atoms with Crippen LogP contribution in [0.1, 0.15) is 6.42 Å². The molecule has 1 aliphatic carbocycles. The van der Waals surface area contributed by atoms with Gasteiger partial charge in [-0.15, -0.1) is 0 Å². The zero-order chi connectivity index (χ0) is 7.14. The third-order valence-corrected chi connectivity index (χ3v) is 2.52. The van der Waals surface area contributed by atoms with Crippen molar-refractivity contribution in [3.05, 3.63) is 0 Å². The minimum atomic E-state index is -0.638. The Morgan fingerprint density at radius 2 is 2.30 bits per heavy atom. The molecule has 3 nitrogen and oxygen atoms in total. The molecule has 2 fully saturated rings. The van der Waals surface area contributed by atoms with Crippen LogP contribution in [0.5, 0.6) is 0 Å². The van der Waals surface area contributed by atoms with Crippen molar-refractivity contribution in [2.45, 2.75) is 6.42 Å². The van der Waals surface area contributed by atoms with Crippen molar-refractivity contribution in [2.75, 3.05) is 13.2 Å². The summed E-state index contributed by atoms with van der Waals surface area (Å²) in [7, 11) is 0. The molecule has 1 saturated heterocycles. The highest BCUT2D eigenvalue weighted by atomic mass is 16.5. The monoisotopic (exact) mass is 142 g/mol. The molecule has 3 heteroatoms. The quantitative estimate of drug-likeness (QED) is 0.574. The molecule has 56 valence electrons. The number of rotatable bonds is 1. The van der Waals surface area contributed by atoms with Crippen LogP contribution in [0.15, 0.2) is 0 Å². The summed E-state index contributed by atoms with van der Waals surface area (Å²) in [6.07, 6.45) is 0.946. The van der Waals surface area contributed by atoms with Gasteiger partial charge in [-0.05, 0) is 18.3 Å². The smallest absolute Gasteiger partial charge is 0.307 e. The number of ether oxygens (including phenoxy) is 1. The third-order valence-electron chi connectivity index (χ3n) is 2.52. The van der Waals surface area contributed by atoms with E-state index in [0.717, 1.165) is 13.0 Å². The van der Waals surface area contributed by atoms with E-state index in [2.05, 4.69) is 0 Å². The van der Waals surface area contributed by atoms with Crippen LogP contribution in [0.3, 0.4) is 0 Å². The Labute approximate surface area is 59.0 Å². The summed E-state index contributed by atoms with van der Waals surface area (Å²) in [6, 6.07) is 0. The summed E-state index contributed by atoms with van der Waals surface area (Å²) in [5, 5.41) is 8.63. The van der Waals surface area contributed by atoms with Gasteiger partial charge >= 0.3 is 5.97 Å². The topological polar surface area (TPSA) is 46.5 Å². The second-order valence-electron chi connectivity index (χ2n) is 3.06. The Balaban J connectivity index is 1.99. The van der Waals surface area contributed by atoms with Crippen molar-refractivity contribution in [2.24, 2.45) is 17.8 Å². The zero-order valence-electron chi connectivity index (χ0n) is 5.62. The van der Waals surface area contributed by atoms with Gasteiger partial charge in [-0.3, -0.25) is 4.79 Å². The van der Waals surface area contributed by atoms with Gasteiger partial charge in [0.15, 0.2) is 0 Å². The van der Waals surface area contributed by atoms with Gasteiger partial charge in [0.25, 0.3) is 0 Å². The van der Waals surface area contributed by atoms with Gasteiger partial charge in [-0.25, -0.2) is 0 Å². The van der Waals surface area contributed by atoms with Crippen LogP contribution in [0.4, 0.5) is 0 Å². The number of hydrogen-bond acceptors (Lipinski definition) is 2. The average Bonchev–Trinajstić information content (AvgIpc) is 2.60. The fraction of sp³-hybridized carbons (Fsp3) is 0.857. The van der Waals surface area contributed by atoms with E-state index in [9.17, 15) is 4.79 Å². The summed E-state index contributed by atoms with van der Waals surface area (Å²) in [4.78, 5) is 10.5. The maximum absolute atomic E-state index is 10.5. The summed E-state index contributed by atoms with van der Waals surface area (Å²) >= 11 is 0. The van der Waals surface area contributed by atoms with Crippen molar-refractivity contribution < 1.29 is 14.6 Å². The lowest BCUT2D eigenvalue weighted by Gasteiger charge is -2.07. The van der Waals surface area contributed by atoms with E-state index in [-0.39, 0.29) is 5.92 Å². The molecule has 2 rings (SSSR count). The summed E-state index contributed by atoms with van der Waals surface area (Å²) in [5.41, 5.74) is 0. The largest absolute Gasteiger partial charge is 0.481 e. The van der Waals surface area contributed by atoms with Crippen LogP contribution >= 0.6 is 0 Å². The first-order chi connectivity index (χ1) is 4.80. The minimum Gasteiger partial charge on any atom is -0.481 e. The fourth-order valence-electron chi connectivity index (χ4n) is 1.87. The SMILES string of the molecule is O=C(O)[C@@H]1[C@H]2CCOC[C@@H]21. The van der Waals surface area contributed by atoms with Gasteiger partial charge in [0.2, 0.25) is 0 Å². The highest BCUT2D eigenvalue weighted by molar-refractivity contribution is 5.74. The lowest BCUT2D eigenvalue weighted by molar-refractivity contribution is -0.139. The lowest BCUT2D eigenvalue weighted by atomic mass is 10.2. The van der Waals surface area contributed by atoms with E-state index in [1.54, 1.807) is 0 Å². The molecule has 0 aromatic carbocycles. The molecule has 0 amide bonds. The Hall–Kier alpha value is -0.570. The summed E-state index contributed by atoms with van der Waals surface area (Å²) < 4.78 is 5.14. The molecule has 0 radical (unpaired) electrons. The maximum Gasteiger partial charge on any atom is 0.307 e. The number of carboxylic acids is 1. The summed E-state index contributed by atoms with van der Waals surface area (Å²) in [5.74, 6) is 0.0560. The number of aliphatic carboxylic acids is 1. The number of hydrogen-bond donors (Lipinski definition) is 1. The second kappa shape index (κ2) is 1.95. The van der Waals surface area contributed by atoms with Crippen LogP contribution in [0, 0.1) is 17.8 Å². The van der Waals surface area contributed by atoms with Crippen molar-refractivity contribution in [1.82, 2.24) is 0 Å². The van der Waals surface area contributed by atoms with Gasteiger partial charge < -0.3 is 9.84 Å². The predicted molar refractivity (Wildman–Crippen MR) is 33.5 cm³/mol. The third kappa shape index (κ3) is 0.736. The normalized spacial score (nSPS) is 44.2. The van der Waals surface area contributed by atoms with Gasteiger partial charge in [0, 0.05) is 6.61 Å². The van der Waals surface area contributed by atoms with Crippen molar-refractivity contribution >= 4 is 5.97 Å². The molecule has 1 aliphatic heterocycles. The van der Waals surface area contributed by atoms with Crippen LogP contribution in [-0.4, -0.2) is 24.3 Å². The van der Waals surface area contributed by atoms with E-state index in [1.165, 1.54) is 0 Å². The first kappa shape index (κ1) is 6.16. The molecular weight excluding hydrogens is 132 g/mol. The van der Waals surface area contributed by atoms with Crippen LogP contribution in [0.25, 0.3) is 0 Å². The second-order valence-corrected chi connectivity index (χ2v) is 3.06. The molecule has 0 spiro atoms. The van der Waals surface area contributed by atoms with E-state index >= 15 is 0 Å². The molecule has 0 aromatic heterocycles. The van der Waals surface area contributed by atoms with E-state index in [4.69, 9.17) is 9.84 Å². The van der Waals surface area contributed by atoms with Crippen molar-refractivity contribution in [3.8, 4) is 0 Å². The standard InChI is InChI=1S/C7H10O3/c8-7(9)6-4-1-2-10-3-5(4)6/h4-6H,1-3H2,(H,8,9)/t4-,5-,6+/m0/s1. The van der Waals surface area contributed by atoms with Gasteiger partial charge in [-0.2, -0.15) is 0 Å². The van der Waals surface area contributed by atoms with Gasteiger partial charge in [0.05, 0.1) is 12.5 Å². The number of carboxylic acid groups (broad SMARTS) is 1. The minimum absolute atomic E-state index is 0.0810. The highest BCUT2D eigenvalue weighted by Gasteiger charge is 2.55. The van der Waals surface area contributed by atoms with E-state index < -0.39 is 5.97 Å². The van der Waals surface area contributed by atoms with E-state index in [0.29, 0.717) is 18.4 Å². The van der Waals surface area contributed by atoms with Crippen LogP contribution in [0.2, 0.25) is 0 Å². The molecule has 0 aromatic rings. The van der Waals surface area contributed by atoms with Crippen LogP contribution < -0.4 is 0 Å². The molecule has 0 unspecified atom stereocenters. The van der Waals surface area contributed by atoms with Crippen molar-refractivity contribution in [1.29, 1.82) is 0 Å². The fourth-order valence-corrected chi connectivity index (χ4v) is 1.87. The maximum atomic E-state index is 10.5. The van der Waals surface area contributed by atoms with Gasteiger partial charge in [-0.1, -0.05) is 0 Å². The molecule has 2 aliphatic rings. The van der Waals surface area contributed by atoms with E-state index in [1.807, 2.05) is 0 Å². The molecule has 1 saturated carbocycles. The van der Waals surface area contributed by atoms with Crippen molar-refractivity contribution in [3.63, 3.8) is 0 Å². The molecule has 10 heavy (non-hydrogen) atoms. The highest BCUT2D eigenvalue weighted by Crippen LogP contribution is 2.50. The molecule has 0 bridgehead atoms. The number of carbonyl (C=O) groups is 1. The Kier molecular flexibility index (Phi) is 1.20. The predicted octanol–water partition coefficient (Wildman–Crippen LogP) is 0.354. The van der Waals surface area contributed by atoms with Crippen LogP contribution in [-0.2, 0) is 9.53 Å². The Morgan fingerprint density at radius 3 is 2.80 bits per heavy atom. The van der Waals surface area contributed by atoms with Gasteiger partial charge in [0.1, 0.15) is 0 Å². The Morgan fingerprint density at radius 1 is 1.50 bits per heavy atom. The Bertz CT molecular complexity index is 154. The molecule has 1 N–H and O–H groups in total. The molecule has 1 heterocycles. The molecular formula is C7H10O3. The summed E-state index contributed by atoms with van der Waals surface area (Å²) in [6.45, 7) is 1.42. The lowest BCUT2D eigenvalue weighted by Crippen LogP contribution is -2.07. The average molecular weight is 142 g/mol.